The zero-order valence-corrected chi connectivity index (χ0v) is 21.0. The fourth-order valence-corrected chi connectivity index (χ4v) is 4.52. The van der Waals surface area contributed by atoms with Gasteiger partial charge in [-0.15, -0.1) is 11.3 Å². The Kier molecular flexibility index (Phi) is 8.46. The van der Waals surface area contributed by atoms with Crippen molar-refractivity contribution in [2.75, 3.05) is 19.0 Å². The fraction of sp³-hybridized carbons (Fsp3) is 0.280. The second-order valence-corrected chi connectivity index (χ2v) is 9.40. The largest absolute Gasteiger partial charge is 0.478 e. The number of benzene rings is 2. The quantitative estimate of drug-likeness (QED) is 0.263. The molecule has 0 spiro atoms. The van der Waals surface area contributed by atoms with Crippen LogP contribution in [0.1, 0.15) is 43.9 Å². The first kappa shape index (κ1) is 28.0. The molecule has 12 heteroatoms. The van der Waals surface area contributed by atoms with Crippen LogP contribution >= 0.6 is 11.3 Å². The third-order valence-corrected chi connectivity index (χ3v) is 6.56. The number of carbonyl (C=O) groups is 1. The maximum Gasteiger partial charge on any atom is 0.429 e. The first-order chi connectivity index (χ1) is 17.3. The van der Waals surface area contributed by atoms with Crippen LogP contribution in [0.5, 0.6) is 0 Å². The molecule has 0 aliphatic heterocycles. The Morgan fingerprint density at radius 3 is 2.41 bits per heavy atom. The molecule has 4 N–H and O–H groups in total. The van der Waals surface area contributed by atoms with Gasteiger partial charge in [0.1, 0.15) is 10.7 Å². The highest BCUT2D eigenvalue weighted by Gasteiger charge is 2.34. The lowest BCUT2D eigenvalue weighted by atomic mass is 9.94. The number of aliphatic hydroxyl groups excluding tert-OH is 1. The van der Waals surface area contributed by atoms with E-state index in [9.17, 15) is 28.2 Å². The van der Waals surface area contributed by atoms with Crippen LogP contribution in [-0.2, 0) is 12.0 Å². The number of guanidine groups is 1. The lowest BCUT2D eigenvalue weighted by Crippen LogP contribution is -2.31. The summed E-state index contributed by atoms with van der Waals surface area (Å²) in [5, 5.41) is 33.2. The van der Waals surface area contributed by atoms with Crippen molar-refractivity contribution >= 4 is 34.7 Å². The number of nitrogens with zero attached hydrogens (tertiary/aromatic N) is 3. The molecule has 1 unspecified atom stereocenters. The summed E-state index contributed by atoms with van der Waals surface area (Å²) in [7, 11) is 1.34. The Morgan fingerprint density at radius 2 is 1.84 bits per heavy atom. The first-order valence-electron chi connectivity index (χ1n) is 10.9. The Balaban J connectivity index is 1.83. The molecule has 2 aromatic carbocycles. The minimum atomic E-state index is -4.56. The van der Waals surface area contributed by atoms with Gasteiger partial charge in [-0.25, -0.2) is 14.8 Å². The van der Waals surface area contributed by atoms with E-state index >= 15 is 0 Å². The number of aryl methyl sites for hydroxylation is 1. The number of aliphatic hydroxyl groups is 2. The number of anilines is 1. The molecule has 3 aromatic rings. The van der Waals surface area contributed by atoms with Crippen molar-refractivity contribution in [3.05, 3.63) is 80.8 Å². The molecule has 0 saturated carbocycles. The van der Waals surface area contributed by atoms with Crippen LogP contribution in [0.15, 0.2) is 58.6 Å². The number of nitrogens with one attached hydrogen (secondary N) is 1. The minimum absolute atomic E-state index is 0.0447. The molecule has 0 aliphatic rings. The monoisotopic (exact) mass is 534 g/mol. The SMILES string of the molecule is CN=C(N=C(C)C(F)(F)F)Nc1cc(C)cc(Cc2cnc(C(O)(CO)c3ccc(C(=O)O)cc3)s2)c1. The molecule has 3 rings (SSSR count). The lowest BCUT2D eigenvalue weighted by molar-refractivity contribution is -0.0590. The highest BCUT2D eigenvalue weighted by molar-refractivity contribution is 7.11. The van der Waals surface area contributed by atoms with Gasteiger partial charge >= 0.3 is 12.1 Å². The highest BCUT2D eigenvalue weighted by Crippen LogP contribution is 2.33. The van der Waals surface area contributed by atoms with Gasteiger partial charge in [-0.1, -0.05) is 18.2 Å². The Hall–Kier alpha value is -3.61. The van der Waals surface area contributed by atoms with E-state index in [-0.39, 0.29) is 16.5 Å². The van der Waals surface area contributed by atoms with Crippen LogP contribution in [0.3, 0.4) is 0 Å². The molecule has 37 heavy (non-hydrogen) atoms. The van der Waals surface area contributed by atoms with Crippen LogP contribution in [0.4, 0.5) is 18.9 Å². The van der Waals surface area contributed by atoms with Gasteiger partial charge in [0, 0.05) is 30.2 Å². The van der Waals surface area contributed by atoms with Crippen molar-refractivity contribution < 1.29 is 33.3 Å². The molecule has 0 aliphatic carbocycles. The third kappa shape index (κ3) is 6.79. The molecule has 0 amide bonds. The van der Waals surface area contributed by atoms with Gasteiger partial charge in [0.15, 0.2) is 5.60 Å². The highest BCUT2D eigenvalue weighted by atomic mass is 32.1. The van der Waals surface area contributed by atoms with Crippen molar-refractivity contribution in [2.45, 2.75) is 32.0 Å². The van der Waals surface area contributed by atoms with Gasteiger partial charge in [-0.3, -0.25) is 4.99 Å². The summed E-state index contributed by atoms with van der Waals surface area (Å²) >= 11 is 1.18. The first-order valence-corrected chi connectivity index (χ1v) is 11.8. The summed E-state index contributed by atoms with van der Waals surface area (Å²) in [4.78, 5) is 23.5. The maximum absolute atomic E-state index is 12.8. The van der Waals surface area contributed by atoms with Crippen molar-refractivity contribution in [2.24, 2.45) is 9.98 Å². The van der Waals surface area contributed by atoms with Gasteiger partial charge in [0.05, 0.1) is 12.2 Å². The molecule has 1 heterocycles. The maximum atomic E-state index is 12.8. The summed E-state index contributed by atoms with van der Waals surface area (Å²) in [6.45, 7) is 2.04. The average molecular weight is 535 g/mol. The van der Waals surface area contributed by atoms with Crippen LogP contribution < -0.4 is 5.32 Å². The molecule has 0 bridgehead atoms. The summed E-state index contributed by atoms with van der Waals surface area (Å²) < 4.78 is 38.5. The summed E-state index contributed by atoms with van der Waals surface area (Å²) in [5.41, 5.74) is -0.332. The van der Waals surface area contributed by atoms with E-state index in [4.69, 9.17) is 5.11 Å². The number of alkyl halides is 3. The summed E-state index contributed by atoms with van der Waals surface area (Å²) in [6, 6.07) is 10.9. The van der Waals surface area contributed by atoms with Gasteiger partial charge in [-0.2, -0.15) is 13.2 Å². The van der Waals surface area contributed by atoms with E-state index < -0.39 is 30.1 Å². The normalized spacial score (nSPS) is 14.4. The van der Waals surface area contributed by atoms with Crippen molar-refractivity contribution in [3.8, 4) is 0 Å². The van der Waals surface area contributed by atoms with E-state index in [1.165, 1.54) is 42.6 Å². The lowest BCUT2D eigenvalue weighted by Gasteiger charge is -2.24. The molecule has 0 saturated heterocycles. The van der Waals surface area contributed by atoms with Gasteiger partial charge in [0.25, 0.3) is 0 Å². The molecular formula is C25H25F3N4O4S. The number of hydrogen-bond acceptors (Lipinski definition) is 6. The number of carboxylic acids is 1. The number of rotatable bonds is 7. The predicted molar refractivity (Wildman–Crippen MR) is 136 cm³/mol. The van der Waals surface area contributed by atoms with Crippen molar-refractivity contribution in [3.63, 3.8) is 0 Å². The Bertz CT molecular complexity index is 1340. The summed E-state index contributed by atoms with van der Waals surface area (Å²) in [5.74, 6) is -1.30. The second kappa shape index (κ2) is 11.2. The van der Waals surface area contributed by atoms with Crippen LogP contribution in [0, 0.1) is 6.92 Å². The number of aromatic carboxylic acids is 1. The molecule has 8 nitrogen and oxygen atoms in total. The van der Waals surface area contributed by atoms with E-state index in [2.05, 4.69) is 20.3 Å². The number of hydrogen-bond donors (Lipinski definition) is 4. The zero-order valence-electron chi connectivity index (χ0n) is 20.2. The van der Waals surface area contributed by atoms with Crippen LogP contribution in [0.2, 0.25) is 0 Å². The minimum Gasteiger partial charge on any atom is -0.478 e. The van der Waals surface area contributed by atoms with E-state index in [1.54, 1.807) is 18.3 Å². The van der Waals surface area contributed by atoms with Crippen molar-refractivity contribution in [1.82, 2.24) is 4.98 Å². The number of thiazole rings is 1. The molecule has 196 valence electrons. The number of aliphatic imine (C=N–C) groups is 2. The zero-order chi connectivity index (χ0) is 27.4. The predicted octanol–water partition coefficient (Wildman–Crippen LogP) is 4.39. The third-order valence-electron chi connectivity index (χ3n) is 5.41. The summed E-state index contributed by atoms with van der Waals surface area (Å²) in [6.07, 6.45) is -2.59. The molecule has 1 atom stereocenters. The number of carboxylic acid groups (broad SMARTS) is 1. The molecule has 1 aromatic heterocycles. The van der Waals surface area contributed by atoms with E-state index in [0.717, 1.165) is 22.9 Å². The molecule has 0 fully saturated rings. The standard InChI is InChI=1S/C25H25F3N4O4S/c1-14-8-16(10-19(9-14)32-23(29-3)31-15(2)25(26,27)28)11-20-12-30-22(37-20)24(36,13-33)18-6-4-17(5-7-18)21(34)35/h4-10,12,33,36H,11,13H2,1-3H3,(H,29,32)(H,34,35). The number of halogens is 3. The molecular weight excluding hydrogens is 509 g/mol. The van der Waals surface area contributed by atoms with Crippen LogP contribution in [-0.4, -0.2) is 57.8 Å². The van der Waals surface area contributed by atoms with E-state index in [1.807, 2.05) is 13.0 Å². The van der Waals surface area contributed by atoms with Gasteiger partial charge in [-0.05, 0) is 54.8 Å². The van der Waals surface area contributed by atoms with E-state index in [0.29, 0.717) is 17.7 Å². The average Bonchev–Trinajstić information content (AvgIpc) is 3.31. The Labute approximate surface area is 214 Å². The van der Waals surface area contributed by atoms with Crippen molar-refractivity contribution in [1.29, 1.82) is 0 Å². The van der Waals surface area contributed by atoms with Gasteiger partial charge in [0.2, 0.25) is 5.96 Å². The number of aromatic nitrogens is 1. The van der Waals surface area contributed by atoms with Crippen LogP contribution in [0.25, 0.3) is 0 Å². The van der Waals surface area contributed by atoms with Gasteiger partial charge < -0.3 is 20.6 Å². The Morgan fingerprint density at radius 1 is 1.16 bits per heavy atom. The second-order valence-electron chi connectivity index (χ2n) is 8.28. The topological polar surface area (TPSA) is 127 Å². The molecule has 0 radical (unpaired) electrons. The smallest absolute Gasteiger partial charge is 0.429 e. The fourth-order valence-electron chi connectivity index (χ4n) is 3.47.